The van der Waals surface area contributed by atoms with Gasteiger partial charge in [-0.2, -0.15) is 0 Å². The maximum atomic E-state index is 13.1. The SMILES string of the molecule is COc1ccc(OC)c(C(=O)/C=C/c2ccc(OC(=O)N(c3ccccc3)c3ccccc3)cc2)c1. The van der Waals surface area contributed by atoms with Gasteiger partial charge in [0.05, 0.1) is 31.2 Å². The molecule has 0 atom stereocenters. The molecule has 0 radical (unpaired) electrons. The normalized spacial score (nSPS) is 10.6. The Morgan fingerprint density at radius 1 is 0.694 bits per heavy atom. The second kappa shape index (κ2) is 11.5. The molecule has 0 aliphatic rings. The van der Waals surface area contributed by atoms with Crippen LogP contribution in [0.1, 0.15) is 15.9 Å². The van der Waals surface area contributed by atoms with Crippen molar-refractivity contribution in [2.75, 3.05) is 19.1 Å². The van der Waals surface area contributed by atoms with Gasteiger partial charge in [-0.3, -0.25) is 4.79 Å². The molecule has 0 saturated carbocycles. The van der Waals surface area contributed by atoms with Gasteiger partial charge >= 0.3 is 6.09 Å². The van der Waals surface area contributed by atoms with Crippen LogP contribution in [0.15, 0.2) is 109 Å². The van der Waals surface area contributed by atoms with E-state index < -0.39 is 6.09 Å². The largest absolute Gasteiger partial charge is 0.497 e. The molecule has 0 bridgehead atoms. The van der Waals surface area contributed by atoms with E-state index in [2.05, 4.69) is 0 Å². The number of hydrogen-bond acceptors (Lipinski definition) is 5. The van der Waals surface area contributed by atoms with Crippen molar-refractivity contribution < 1.29 is 23.8 Å². The average Bonchev–Trinajstić information content (AvgIpc) is 2.93. The van der Waals surface area contributed by atoms with Gasteiger partial charge in [0.2, 0.25) is 0 Å². The van der Waals surface area contributed by atoms with Crippen molar-refractivity contribution in [1.29, 1.82) is 0 Å². The topological polar surface area (TPSA) is 65.1 Å². The zero-order valence-corrected chi connectivity index (χ0v) is 20.0. The molecule has 4 aromatic carbocycles. The van der Waals surface area contributed by atoms with Gasteiger partial charge in [-0.05, 0) is 66.2 Å². The number of amides is 1. The third-order valence-electron chi connectivity index (χ3n) is 5.40. The van der Waals surface area contributed by atoms with Gasteiger partial charge in [-0.15, -0.1) is 0 Å². The Labute approximate surface area is 210 Å². The number of anilines is 2. The lowest BCUT2D eigenvalue weighted by molar-refractivity contribution is 0.104. The zero-order valence-electron chi connectivity index (χ0n) is 20.0. The highest BCUT2D eigenvalue weighted by Crippen LogP contribution is 2.27. The number of para-hydroxylation sites is 2. The van der Waals surface area contributed by atoms with Gasteiger partial charge in [0.15, 0.2) is 5.78 Å². The van der Waals surface area contributed by atoms with Gasteiger partial charge in [0.25, 0.3) is 0 Å². The molecule has 4 aromatic rings. The Kier molecular flexibility index (Phi) is 7.78. The van der Waals surface area contributed by atoms with Gasteiger partial charge in [-0.25, -0.2) is 9.69 Å². The predicted molar refractivity (Wildman–Crippen MR) is 140 cm³/mol. The predicted octanol–water partition coefficient (Wildman–Crippen LogP) is 6.94. The number of ether oxygens (including phenoxy) is 3. The van der Waals surface area contributed by atoms with Crippen LogP contribution in [0.3, 0.4) is 0 Å². The molecular weight excluding hydrogens is 454 g/mol. The Bertz CT molecular complexity index is 1310. The molecule has 0 fully saturated rings. The maximum absolute atomic E-state index is 13.1. The van der Waals surface area contributed by atoms with E-state index >= 15 is 0 Å². The standard InChI is InChI=1S/C30H25NO5/c1-34-26-18-20-29(35-2)27(21-26)28(32)19-15-22-13-16-25(17-14-22)36-30(33)31(23-9-5-3-6-10-23)24-11-7-4-8-12-24/h3-21H,1-2H3/b19-15+. The van der Waals surface area contributed by atoms with Crippen LogP contribution in [-0.2, 0) is 0 Å². The molecule has 180 valence electrons. The maximum Gasteiger partial charge on any atom is 0.424 e. The first kappa shape index (κ1) is 24.3. The highest BCUT2D eigenvalue weighted by Gasteiger charge is 2.20. The number of benzene rings is 4. The fourth-order valence-electron chi connectivity index (χ4n) is 3.58. The van der Waals surface area contributed by atoms with Crippen molar-refractivity contribution in [2.24, 2.45) is 0 Å². The van der Waals surface area contributed by atoms with Crippen LogP contribution in [0.5, 0.6) is 17.2 Å². The Morgan fingerprint density at radius 3 is 1.83 bits per heavy atom. The van der Waals surface area contributed by atoms with Crippen molar-refractivity contribution in [3.8, 4) is 17.2 Å². The molecular formula is C30H25NO5. The van der Waals surface area contributed by atoms with Crippen LogP contribution in [-0.4, -0.2) is 26.1 Å². The Balaban J connectivity index is 1.48. The van der Waals surface area contributed by atoms with E-state index in [0.717, 1.165) is 5.56 Å². The number of rotatable bonds is 8. The number of carbonyl (C=O) groups excluding carboxylic acids is 2. The van der Waals surface area contributed by atoms with Crippen LogP contribution in [0.25, 0.3) is 6.08 Å². The molecule has 36 heavy (non-hydrogen) atoms. The molecule has 0 aliphatic heterocycles. The third kappa shape index (κ3) is 5.80. The van der Waals surface area contributed by atoms with Gasteiger partial charge in [0.1, 0.15) is 17.2 Å². The summed E-state index contributed by atoms with van der Waals surface area (Å²) in [6.45, 7) is 0. The third-order valence-corrected chi connectivity index (χ3v) is 5.40. The van der Waals surface area contributed by atoms with Crippen molar-refractivity contribution in [2.45, 2.75) is 0 Å². The second-order valence-corrected chi connectivity index (χ2v) is 7.71. The minimum atomic E-state index is -0.531. The lowest BCUT2D eigenvalue weighted by Crippen LogP contribution is -2.29. The summed E-state index contributed by atoms with van der Waals surface area (Å²) in [6.07, 6.45) is 2.62. The minimum Gasteiger partial charge on any atom is -0.497 e. The molecule has 6 nitrogen and oxygen atoms in total. The van der Waals surface area contributed by atoms with E-state index in [-0.39, 0.29) is 5.78 Å². The lowest BCUT2D eigenvalue weighted by atomic mass is 10.1. The van der Waals surface area contributed by atoms with E-state index in [1.807, 2.05) is 60.7 Å². The molecule has 0 spiro atoms. The highest BCUT2D eigenvalue weighted by atomic mass is 16.6. The van der Waals surface area contributed by atoms with Crippen molar-refractivity contribution >= 4 is 29.3 Å². The van der Waals surface area contributed by atoms with Gasteiger partial charge < -0.3 is 14.2 Å². The van der Waals surface area contributed by atoms with Crippen molar-refractivity contribution in [3.05, 3.63) is 120 Å². The number of nitrogens with zero attached hydrogens (tertiary/aromatic N) is 1. The quantitative estimate of drug-likeness (QED) is 0.202. The monoisotopic (exact) mass is 479 g/mol. The number of methoxy groups -OCH3 is 2. The average molecular weight is 480 g/mol. The summed E-state index contributed by atoms with van der Waals surface area (Å²) in [5.41, 5.74) is 2.56. The summed E-state index contributed by atoms with van der Waals surface area (Å²) >= 11 is 0. The van der Waals surface area contributed by atoms with E-state index in [9.17, 15) is 9.59 Å². The van der Waals surface area contributed by atoms with Gasteiger partial charge in [-0.1, -0.05) is 54.6 Å². The van der Waals surface area contributed by atoms with E-state index in [1.165, 1.54) is 18.1 Å². The summed E-state index contributed by atoms with van der Waals surface area (Å²) in [5, 5.41) is 0. The Hall–Kier alpha value is -4.84. The van der Waals surface area contributed by atoms with Crippen LogP contribution < -0.4 is 19.1 Å². The molecule has 1 amide bonds. The number of hydrogen-bond donors (Lipinski definition) is 0. The number of ketones is 1. The molecule has 0 heterocycles. The summed E-state index contributed by atoms with van der Waals surface area (Å²) in [5.74, 6) is 1.20. The first-order valence-electron chi connectivity index (χ1n) is 11.3. The minimum absolute atomic E-state index is 0.220. The van der Waals surface area contributed by atoms with E-state index in [1.54, 1.807) is 55.7 Å². The summed E-state index contributed by atoms with van der Waals surface area (Å²) < 4.78 is 16.2. The summed E-state index contributed by atoms with van der Waals surface area (Å²) in [6, 6.07) is 30.6. The summed E-state index contributed by atoms with van der Waals surface area (Å²) in [7, 11) is 3.05. The van der Waals surface area contributed by atoms with Crippen molar-refractivity contribution in [3.63, 3.8) is 0 Å². The number of carbonyl (C=O) groups is 2. The highest BCUT2D eigenvalue weighted by molar-refractivity contribution is 6.09. The first-order valence-corrected chi connectivity index (χ1v) is 11.3. The first-order chi connectivity index (χ1) is 17.6. The van der Waals surface area contributed by atoms with Crippen molar-refractivity contribution in [1.82, 2.24) is 0 Å². The van der Waals surface area contributed by atoms with E-state index in [0.29, 0.717) is 34.2 Å². The zero-order chi connectivity index (χ0) is 25.3. The molecule has 0 unspecified atom stereocenters. The van der Waals surface area contributed by atoms with Crippen LogP contribution in [0.2, 0.25) is 0 Å². The van der Waals surface area contributed by atoms with Gasteiger partial charge in [0, 0.05) is 0 Å². The second-order valence-electron chi connectivity index (χ2n) is 7.71. The smallest absolute Gasteiger partial charge is 0.424 e. The molecule has 4 rings (SSSR count). The molecule has 0 aromatic heterocycles. The molecule has 0 aliphatic carbocycles. The van der Waals surface area contributed by atoms with E-state index in [4.69, 9.17) is 14.2 Å². The fourth-order valence-corrected chi connectivity index (χ4v) is 3.58. The lowest BCUT2D eigenvalue weighted by Gasteiger charge is -2.22. The fraction of sp³-hybridized carbons (Fsp3) is 0.0667. The van der Waals surface area contributed by atoms with Crippen LogP contribution >= 0.6 is 0 Å². The van der Waals surface area contributed by atoms with Crippen LogP contribution in [0, 0.1) is 0 Å². The molecule has 0 saturated heterocycles. The molecule has 0 N–H and O–H groups in total. The molecule has 6 heteroatoms. The Morgan fingerprint density at radius 2 is 1.28 bits per heavy atom. The number of allylic oxidation sites excluding steroid dienone is 1. The summed E-state index contributed by atoms with van der Waals surface area (Å²) in [4.78, 5) is 27.3. The van der Waals surface area contributed by atoms with Crippen LogP contribution in [0.4, 0.5) is 16.2 Å².